The van der Waals surface area contributed by atoms with Crippen LogP contribution in [0.1, 0.15) is 21.5 Å². The molecule has 2 rings (SSSR count). The van der Waals surface area contributed by atoms with Crippen LogP contribution in [0.4, 0.5) is 0 Å². The summed E-state index contributed by atoms with van der Waals surface area (Å²) in [6.45, 7) is 7.77. The van der Waals surface area contributed by atoms with Crippen LogP contribution in [0.2, 0.25) is 0 Å². The van der Waals surface area contributed by atoms with Gasteiger partial charge in [-0.2, -0.15) is 0 Å². The Hall–Kier alpha value is -1.16. The van der Waals surface area contributed by atoms with Crippen molar-refractivity contribution in [2.75, 3.05) is 0 Å². The molecule has 4 heteroatoms. The van der Waals surface area contributed by atoms with Crippen LogP contribution in [-0.2, 0) is 0 Å². The lowest BCUT2D eigenvalue weighted by molar-refractivity contribution is 0.494. The molecule has 0 aromatic carbocycles. The first-order valence-corrected chi connectivity index (χ1v) is 5.17. The van der Waals surface area contributed by atoms with Gasteiger partial charge in [0, 0.05) is 18.0 Å². The van der Waals surface area contributed by atoms with Crippen molar-refractivity contribution in [3.8, 4) is 0 Å². The van der Waals surface area contributed by atoms with Gasteiger partial charge in [-0.3, -0.25) is 0 Å². The molecule has 0 radical (unpaired) electrons. The second-order valence-corrected chi connectivity index (χ2v) is 4.42. The van der Waals surface area contributed by atoms with E-state index in [-0.39, 0.29) is 0 Å². The summed E-state index contributed by atoms with van der Waals surface area (Å²) in [6, 6.07) is 0. The molecule has 0 aliphatic rings. The Morgan fingerprint density at radius 2 is 1.79 bits per heavy atom. The minimum atomic E-state index is 0.734. The highest BCUT2D eigenvalue weighted by Crippen LogP contribution is 2.07. The molecule has 14 heavy (non-hydrogen) atoms. The van der Waals surface area contributed by atoms with E-state index in [4.69, 9.17) is 4.42 Å². The molecule has 0 saturated heterocycles. The maximum absolute atomic E-state index is 4.97. The van der Waals surface area contributed by atoms with Crippen LogP contribution in [0.3, 0.4) is 0 Å². The number of hydrogen-bond acceptors (Lipinski definition) is 4. The molecule has 0 aliphatic carbocycles. The monoisotopic (exact) mass is 210 g/mol. The quantitative estimate of drug-likeness (QED) is 0.670. The van der Waals surface area contributed by atoms with Crippen molar-refractivity contribution in [3.63, 3.8) is 0 Å². The van der Waals surface area contributed by atoms with Crippen LogP contribution in [0.5, 0.6) is 0 Å². The molecule has 0 spiro atoms. The summed E-state index contributed by atoms with van der Waals surface area (Å²) in [7, 11) is 0. The standard InChI is InChI=1S/C5H7NO.C5H7NS/c2*1-4-3-6-5(2)7-4/h2*3H,1-2H3. The van der Waals surface area contributed by atoms with E-state index in [1.807, 2.05) is 27.0 Å². The first kappa shape index (κ1) is 10.9. The average Bonchev–Trinajstić information content (AvgIpc) is 2.63. The Bertz CT molecular complexity index is 321. The van der Waals surface area contributed by atoms with E-state index in [0.29, 0.717) is 0 Å². The number of aromatic nitrogens is 2. The summed E-state index contributed by atoms with van der Waals surface area (Å²) in [5.41, 5.74) is 0. The van der Waals surface area contributed by atoms with Crippen molar-refractivity contribution in [1.29, 1.82) is 0 Å². The van der Waals surface area contributed by atoms with Gasteiger partial charge in [-0.1, -0.05) is 0 Å². The Morgan fingerprint density at radius 3 is 1.93 bits per heavy atom. The van der Waals surface area contributed by atoms with Crippen molar-refractivity contribution >= 4 is 11.3 Å². The number of hydrogen-bond donors (Lipinski definition) is 0. The molecule has 2 aromatic heterocycles. The molecule has 2 heterocycles. The van der Waals surface area contributed by atoms with Gasteiger partial charge in [0.25, 0.3) is 0 Å². The average molecular weight is 210 g/mol. The zero-order valence-corrected chi connectivity index (χ0v) is 9.68. The lowest BCUT2D eigenvalue weighted by atomic mass is 10.6. The minimum Gasteiger partial charge on any atom is -0.446 e. The van der Waals surface area contributed by atoms with Gasteiger partial charge in [0.1, 0.15) is 5.76 Å². The first-order valence-electron chi connectivity index (χ1n) is 4.36. The smallest absolute Gasteiger partial charge is 0.191 e. The Balaban J connectivity index is 0.000000140. The first-order chi connectivity index (χ1) is 6.58. The molecule has 0 amide bonds. The van der Waals surface area contributed by atoms with Gasteiger partial charge in [-0.25, -0.2) is 9.97 Å². The van der Waals surface area contributed by atoms with E-state index >= 15 is 0 Å². The third-order valence-electron chi connectivity index (χ3n) is 1.47. The van der Waals surface area contributed by atoms with Crippen LogP contribution in [0, 0.1) is 27.7 Å². The molecule has 0 atom stereocenters. The number of thiazole rings is 1. The lowest BCUT2D eigenvalue weighted by Gasteiger charge is -1.73. The maximum Gasteiger partial charge on any atom is 0.191 e. The van der Waals surface area contributed by atoms with Gasteiger partial charge in [0.15, 0.2) is 5.89 Å². The van der Waals surface area contributed by atoms with Crippen molar-refractivity contribution in [3.05, 3.63) is 33.9 Å². The minimum absolute atomic E-state index is 0.734. The third-order valence-corrected chi connectivity index (χ3v) is 2.30. The molecule has 0 aliphatic heterocycles. The molecular formula is C10H14N2OS. The largest absolute Gasteiger partial charge is 0.446 e. The Labute approximate surface area is 87.8 Å². The molecule has 0 unspecified atom stereocenters. The molecule has 76 valence electrons. The van der Waals surface area contributed by atoms with Crippen LogP contribution in [-0.4, -0.2) is 9.97 Å². The Kier molecular flexibility index (Phi) is 3.83. The molecule has 0 saturated carbocycles. The number of rotatable bonds is 0. The molecule has 0 bridgehead atoms. The van der Waals surface area contributed by atoms with Gasteiger partial charge < -0.3 is 4.42 Å². The van der Waals surface area contributed by atoms with E-state index in [0.717, 1.165) is 16.7 Å². The summed E-state index contributed by atoms with van der Waals surface area (Å²) < 4.78 is 4.97. The number of oxazole rings is 1. The second-order valence-electron chi connectivity index (χ2n) is 2.98. The fourth-order valence-corrected chi connectivity index (χ4v) is 1.61. The van der Waals surface area contributed by atoms with Crippen LogP contribution < -0.4 is 0 Å². The number of aryl methyl sites for hydroxylation is 4. The molecule has 0 fully saturated rings. The van der Waals surface area contributed by atoms with E-state index < -0.39 is 0 Å². The predicted octanol–water partition coefficient (Wildman–Crippen LogP) is 3.05. The molecule has 2 aromatic rings. The highest BCUT2D eigenvalue weighted by atomic mass is 32.1. The highest BCUT2D eigenvalue weighted by Gasteiger charge is 1.87. The maximum atomic E-state index is 4.97. The van der Waals surface area contributed by atoms with Gasteiger partial charge in [0.05, 0.1) is 11.2 Å². The van der Waals surface area contributed by atoms with E-state index in [1.165, 1.54) is 4.88 Å². The highest BCUT2D eigenvalue weighted by molar-refractivity contribution is 7.11. The van der Waals surface area contributed by atoms with E-state index in [2.05, 4.69) is 16.9 Å². The summed E-state index contributed by atoms with van der Waals surface area (Å²) in [4.78, 5) is 9.17. The van der Waals surface area contributed by atoms with Crippen LogP contribution in [0.25, 0.3) is 0 Å². The van der Waals surface area contributed by atoms with Crippen LogP contribution in [0.15, 0.2) is 16.8 Å². The van der Waals surface area contributed by atoms with E-state index in [9.17, 15) is 0 Å². The molecule has 3 nitrogen and oxygen atoms in total. The van der Waals surface area contributed by atoms with Gasteiger partial charge in [0.2, 0.25) is 0 Å². The van der Waals surface area contributed by atoms with Gasteiger partial charge in [-0.15, -0.1) is 11.3 Å². The SMILES string of the molecule is Cc1cnc(C)o1.Cc1cnc(C)s1. The summed E-state index contributed by atoms with van der Waals surface area (Å²) >= 11 is 1.73. The summed E-state index contributed by atoms with van der Waals surface area (Å²) in [5.74, 6) is 1.61. The zero-order valence-electron chi connectivity index (χ0n) is 8.87. The third kappa shape index (κ3) is 3.70. The van der Waals surface area contributed by atoms with Crippen molar-refractivity contribution in [2.45, 2.75) is 27.7 Å². The van der Waals surface area contributed by atoms with Crippen molar-refractivity contribution in [1.82, 2.24) is 9.97 Å². The zero-order chi connectivity index (χ0) is 10.6. The summed E-state index contributed by atoms with van der Waals surface area (Å²) in [6.07, 6.45) is 3.59. The summed E-state index contributed by atoms with van der Waals surface area (Å²) in [5, 5.41) is 1.15. The predicted molar refractivity (Wildman–Crippen MR) is 57.6 cm³/mol. The van der Waals surface area contributed by atoms with Gasteiger partial charge in [-0.05, 0) is 20.8 Å². The fraction of sp³-hybridized carbons (Fsp3) is 0.400. The lowest BCUT2D eigenvalue weighted by Crippen LogP contribution is -1.59. The van der Waals surface area contributed by atoms with Crippen LogP contribution >= 0.6 is 11.3 Å². The second kappa shape index (κ2) is 4.91. The van der Waals surface area contributed by atoms with Crippen molar-refractivity contribution < 1.29 is 4.42 Å². The fourth-order valence-electron chi connectivity index (χ4n) is 0.935. The Morgan fingerprint density at radius 1 is 1.07 bits per heavy atom. The normalized spacial score (nSPS) is 9.43. The van der Waals surface area contributed by atoms with E-state index in [1.54, 1.807) is 17.5 Å². The molecule has 0 N–H and O–H groups in total. The van der Waals surface area contributed by atoms with Gasteiger partial charge >= 0.3 is 0 Å². The number of nitrogens with zero attached hydrogens (tertiary/aromatic N) is 2. The molecular weight excluding hydrogens is 196 g/mol. The topological polar surface area (TPSA) is 38.9 Å². The van der Waals surface area contributed by atoms with Crippen molar-refractivity contribution in [2.24, 2.45) is 0 Å².